The Morgan fingerprint density at radius 1 is 1.23 bits per heavy atom. The van der Waals surface area contributed by atoms with E-state index in [-0.39, 0.29) is 29.9 Å². The third-order valence-corrected chi connectivity index (χ3v) is 8.56. The van der Waals surface area contributed by atoms with Crippen molar-refractivity contribution in [1.82, 2.24) is 19.7 Å². The van der Waals surface area contributed by atoms with Gasteiger partial charge in [0.1, 0.15) is 11.1 Å². The van der Waals surface area contributed by atoms with Crippen molar-refractivity contribution in [1.29, 1.82) is 0 Å². The number of hydrogen-bond donors (Lipinski definition) is 2. The highest BCUT2D eigenvalue weighted by Gasteiger charge is 2.50. The molecule has 0 radical (unpaired) electrons. The van der Waals surface area contributed by atoms with E-state index in [9.17, 15) is 8.42 Å². The van der Waals surface area contributed by atoms with Crippen LogP contribution < -0.4 is 10.6 Å². The predicted molar refractivity (Wildman–Crippen MR) is 117 cm³/mol. The zero-order chi connectivity index (χ0) is 22.4. The molecule has 2 N–H and O–H groups in total. The Hall–Kier alpha value is -1.95. The van der Waals surface area contributed by atoms with E-state index in [2.05, 4.69) is 25.7 Å². The molecule has 2 aliphatic rings. The monoisotopic (exact) mass is 470 g/mol. The lowest BCUT2D eigenvalue weighted by atomic mass is 10.0. The van der Waals surface area contributed by atoms with E-state index in [0.29, 0.717) is 30.0 Å². The number of aryl methyl sites for hydroxylation is 1. The van der Waals surface area contributed by atoms with Gasteiger partial charge < -0.3 is 20.1 Å². The number of anilines is 3. The molecule has 2 fully saturated rings. The minimum atomic E-state index is -3.27. The van der Waals surface area contributed by atoms with Crippen molar-refractivity contribution in [2.45, 2.75) is 43.8 Å². The summed E-state index contributed by atoms with van der Waals surface area (Å²) in [5.41, 5.74) is 0.752. The van der Waals surface area contributed by atoms with Crippen molar-refractivity contribution >= 4 is 38.9 Å². The molecule has 31 heavy (non-hydrogen) atoms. The Bertz CT molecular complexity index is 1050. The molecule has 0 aliphatic carbocycles. The molecule has 2 saturated heterocycles. The van der Waals surface area contributed by atoms with Gasteiger partial charge >= 0.3 is 0 Å². The summed E-state index contributed by atoms with van der Waals surface area (Å²) in [5, 5.41) is 10.8. The van der Waals surface area contributed by atoms with Crippen LogP contribution in [0, 0.1) is 5.92 Å². The van der Waals surface area contributed by atoms with E-state index in [4.69, 9.17) is 21.1 Å². The Morgan fingerprint density at radius 3 is 2.65 bits per heavy atom. The van der Waals surface area contributed by atoms with Crippen LogP contribution in [0.2, 0.25) is 5.02 Å². The van der Waals surface area contributed by atoms with Crippen LogP contribution in [0.3, 0.4) is 0 Å². The molecule has 2 unspecified atom stereocenters. The highest BCUT2D eigenvalue weighted by molar-refractivity contribution is 7.92. The maximum absolute atomic E-state index is 12.6. The van der Waals surface area contributed by atoms with Gasteiger partial charge in [-0.05, 0) is 20.8 Å². The largest absolute Gasteiger partial charge is 0.373 e. The molecule has 2 aromatic rings. The van der Waals surface area contributed by atoms with E-state index in [1.807, 2.05) is 7.05 Å². The summed E-state index contributed by atoms with van der Waals surface area (Å²) < 4.78 is 38.0. The quantitative estimate of drug-likeness (QED) is 0.652. The minimum Gasteiger partial charge on any atom is -0.373 e. The van der Waals surface area contributed by atoms with Crippen LogP contribution in [0.15, 0.2) is 18.6 Å². The number of rotatable bonds is 6. The van der Waals surface area contributed by atoms with Gasteiger partial charge in [0.15, 0.2) is 15.7 Å². The molecule has 0 aromatic carbocycles. The Labute approximate surface area is 186 Å². The number of aromatic nitrogens is 4. The van der Waals surface area contributed by atoms with Gasteiger partial charge in [0.05, 0.1) is 53.9 Å². The number of fused-ring (bicyclic) bond motifs is 1. The lowest BCUT2D eigenvalue weighted by Crippen LogP contribution is -2.39. The van der Waals surface area contributed by atoms with Crippen LogP contribution >= 0.6 is 11.6 Å². The molecule has 2 aliphatic heterocycles. The zero-order valence-corrected chi connectivity index (χ0v) is 19.4. The third kappa shape index (κ3) is 4.64. The molecule has 0 spiro atoms. The van der Waals surface area contributed by atoms with E-state index < -0.39 is 14.6 Å². The van der Waals surface area contributed by atoms with Gasteiger partial charge in [0.25, 0.3) is 0 Å². The lowest BCUT2D eigenvalue weighted by molar-refractivity contribution is 0.0656. The molecule has 0 saturated carbocycles. The molecule has 0 amide bonds. The molecule has 170 valence electrons. The van der Waals surface area contributed by atoms with Gasteiger partial charge in [-0.1, -0.05) is 11.6 Å². The lowest BCUT2D eigenvalue weighted by Gasteiger charge is -2.23. The summed E-state index contributed by atoms with van der Waals surface area (Å²) in [6, 6.07) is -0.203. The van der Waals surface area contributed by atoms with Crippen molar-refractivity contribution in [2.24, 2.45) is 13.0 Å². The molecular formula is C19H27ClN6O4S. The van der Waals surface area contributed by atoms with Crippen LogP contribution in [0.1, 0.15) is 20.8 Å². The number of ether oxygens (including phenoxy) is 2. The fourth-order valence-corrected chi connectivity index (χ4v) is 5.19. The maximum Gasteiger partial charge on any atom is 0.229 e. The molecule has 2 aromatic heterocycles. The fraction of sp³-hybridized carbons (Fsp3) is 0.632. The summed E-state index contributed by atoms with van der Waals surface area (Å²) in [6.45, 7) is 5.85. The Balaban J connectivity index is 1.44. The van der Waals surface area contributed by atoms with Crippen molar-refractivity contribution < 1.29 is 17.9 Å². The van der Waals surface area contributed by atoms with E-state index >= 15 is 0 Å². The van der Waals surface area contributed by atoms with Crippen LogP contribution in [-0.4, -0.2) is 70.1 Å². The van der Waals surface area contributed by atoms with Crippen molar-refractivity contribution in [3.05, 3.63) is 23.6 Å². The average molecular weight is 471 g/mol. The SMILES string of the molecule is Cn1cc(Nc2ncc(Cl)c(N[C@@H]3COC4C3OC[C@@H]4CS(=O)(=O)C(C)(C)C)n2)cn1. The number of nitrogens with one attached hydrogen (secondary N) is 2. The summed E-state index contributed by atoms with van der Waals surface area (Å²) >= 11 is 6.30. The van der Waals surface area contributed by atoms with Crippen molar-refractivity contribution in [3.8, 4) is 0 Å². The predicted octanol–water partition coefficient (Wildman–Crippen LogP) is 2.01. The van der Waals surface area contributed by atoms with E-state index in [0.717, 1.165) is 5.69 Å². The topological polar surface area (TPSA) is 120 Å². The third-order valence-electron chi connectivity index (χ3n) is 5.55. The van der Waals surface area contributed by atoms with Crippen LogP contribution in [0.4, 0.5) is 17.5 Å². The second kappa shape index (κ2) is 8.19. The van der Waals surface area contributed by atoms with Crippen molar-refractivity contribution in [3.63, 3.8) is 0 Å². The van der Waals surface area contributed by atoms with Crippen LogP contribution in [0.5, 0.6) is 0 Å². The first-order chi connectivity index (χ1) is 14.5. The first-order valence-electron chi connectivity index (χ1n) is 10.0. The van der Waals surface area contributed by atoms with Gasteiger partial charge in [-0.15, -0.1) is 0 Å². The molecular weight excluding hydrogens is 444 g/mol. The standard InChI is InChI=1S/C19H27ClN6O4S/c1-19(2,3)31(27,28)10-11-8-29-16-14(9-30-15(11)16)24-17-13(20)6-21-18(25-17)23-12-5-22-26(4)7-12/h5-7,11,14-16H,8-10H2,1-4H3,(H2,21,23,24,25)/t11-,14-,15?,16?/m1/s1. The number of hydrogen-bond acceptors (Lipinski definition) is 9. The number of nitrogens with zero attached hydrogens (tertiary/aromatic N) is 4. The Kier molecular flexibility index (Phi) is 5.88. The number of halogens is 1. The molecule has 0 bridgehead atoms. The molecule has 4 heterocycles. The zero-order valence-electron chi connectivity index (χ0n) is 17.9. The van der Waals surface area contributed by atoms with Gasteiger partial charge in [0, 0.05) is 19.2 Å². The minimum absolute atomic E-state index is 0.0395. The first kappa shape index (κ1) is 22.3. The second-order valence-electron chi connectivity index (χ2n) is 8.92. The van der Waals surface area contributed by atoms with Gasteiger partial charge in [-0.2, -0.15) is 10.1 Å². The van der Waals surface area contributed by atoms with E-state index in [1.165, 1.54) is 6.20 Å². The van der Waals surface area contributed by atoms with Gasteiger partial charge in [-0.3, -0.25) is 4.68 Å². The number of sulfone groups is 1. The Morgan fingerprint density at radius 2 is 1.97 bits per heavy atom. The smallest absolute Gasteiger partial charge is 0.229 e. The van der Waals surface area contributed by atoms with E-state index in [1.54, 1.807) is 37.8 Å². The molecule has 10 nitrogen and oxygen atoms in total. The summed E-state index contributed by atoms with van der Waals surface area (Å²) in [4.78, 5) is 8.66. The maximum atomic E-state index is 12.6. The fourth-order valence-electron chi connectivity index (χ4n) is 3.70. The average Bonchev–Trinajstić information content (AvgIpc) is 3.36. The van der Waals surface area contributed by atoms with Gasteiger partial charge in [0.2, 0.25) is 5.95 Å². The highest BCUT2D eigenvalue weighted by atomic mass is 35.5. The summed E-state index contributed by atoms with van der Waals surface area (Å²) in [6.07, 6.45) is 4.41. The normalized spacial score (nSPS) is 26.1. The van der Waals surface area contributed by atoms with Crippen LogP contribution in [-0.2, 0) is 26.4 Å². The van der Waals surface area contributed by atoms with Crippen molar-refractivity contribution in [2.75, 3.05) is 29.6 Å². The summed E-state index contributed by atoms with van der Waals surface area (Å²) in [5.74, 6) is 0.658. The molecule has 4 atom stereocenters. The second-order valence-corrected chi connectivity index (χ2v) is 12.1. The van der Waals surface area contributed by atoms with Gasteiger partial charge in [-0.25, -0.2) is 13.4 Å². The highest BCUT2D eigenvalue weighted by Crippen LogP contribution is 2.35. The van der Waals surface area contributed by atoms with Crippen LogP contribution in [0.25, 0.3) is 0 Å². The summed E-state index contributed by atoms with van der Waals surface area (Å²) in [7, 11) is -1.46. The first-order valence-corrected chi connectivity index (χ1v) is 12.1. The molecule has 12 heteroatoms. The molecule has 4 rings (SSSR count).